The number of hydrogen-bond acceptors (Lipinski definition) is 4. The summed E-state index contributed by atoms with van der Waals surface area (Å²) < 4.78 is 16.9. The summed E-state index contributed by atoms with van der Waals surface area (Å²) in [7, 11) is 1.64. The Kier molecular flexibility index (Phi) is 4.85. The van der Waals surface area contributed by atoms with E-state index in [1.165, 1.54) is 6.07 Å². The summed E-state index contributed by atoms with van der Waals surface area (Å²) in [6.07, 6.45) is 0. The number of rotatable bonds is 5. The third-order valence-corrected chi connectivity index (χ3v) is 4.57. The van der Waals surface area contributed by atoms with E-state index in [1.54, 1.807) is 7.11 Å². The first-order valence-electron chi connectivity index (χ1n) is 9.04. The minimum Gasteiger partial charge on any atom is -0.497 e. The van der Waals surface area contributed by atoms with Gasteiger partial charge in [-0.15, -0.1) is 0 Å². The van der Waals surface area contributed by atoms with Crippen molar-refractivity contribution in [2.45, 2.75) is 13.5 Å². The fraction of sp³-hybridized carbons (Fsp3) is 0.125. The van der Waals surface area contributed by atoms with Gasteiger partial charge in [0.1, 0.15) is 23.7 Å². The molecule has 4 heteroatoms. The van der Waals surface area contributed by atoms with Crippen molar-refractivity contribution in [1.82, 2.24) is 0 Å². The lowest BCUT2D eigenvalue weighted by Crippen LogP contribution is -2.02. The number of methoxy groups -OCH3 is 1. The molecule has 0 saturated carbocycles. The number of fused-ring (bicyclic) bond motifs is 1. The van der Waals surface area contributed by atoms with E-state index in [0.29, 0.717) is 17.9 Å². The van der Waals surface area contributed by atoms with Crippen molar-refractivity contribution in [2.75, 3.05) is 7.11 Å². The molecule has 0 saturated heterocycles. The maximum absolute atomic E-state index is 12.1. The molecule has 0 spiro atoms. The molecular weight excluding hydrogens is 352 g/mol. The summed E-state index contributed by atoms with van der Waals surface area (Å²) >= 11 is 0. The van der Waals surface area contributed by atoms with Gasteiger partial charge in [-0.25, -0.2) is 4.79 Å². The molecule has 0 fully saturated rings. The van der Waals surface area contributed by atoms with E-state index in [9.17, 15) is 4.79 Å². The zero-order valence-corrected chi connectivity index (χ0v) is 15.8. The first-order valence-corrected chi connectivity index (χ1v) is 9.04. The molecule has 0 unspecified atom stereocenters. The molecule has 0 atom stereocenters. The fourth-order valence-corrected chi connectivity index (χ4v) is 3.28. The summed E-state index contributed by atoms with van der Waals surface area (Å²) in [5, 5.41) is 0.791. The van der Waals surface area contributed by atoms with Crippen LogP contribution in [0.1, 0.15) is 11.1 Å². The molecule has 1 aromatic heterocycles. The van der Waals surface area contributed by atoms with E-state index in [1.807, 2.05) is 73.7 Å². The third-order valence-electron chi connectivity index (χ3n) is 4.57. The predicted molar refractivity (Wildman–Crippen MR) is 110 cm³/mol. The van der Waals surface area contributed by atoms with Gasteiger partial charge in [0.25, 0.3) is 0 Å². The van der Waals surface area contributed by atoms with Crippen molar-refractivity contribution >= 4 is 11.0 Å². The van der Waals surface area contributed by atoms with Crippen LogP contribution in [0.3, 0.4) is 0 Å². The van der Waals surface area contributed by atoms with Gasteiger partial charge >= 0.3 is 5.63 Å². The van der Waals surface area contributed by atoms with Crippen LogP contribution in [0.4, 0.5) is 0 Å². The average molecular weight is 372 g/mol. The van der Waals surface area contributed by atoms with E-state index >= 15 is 0 Å². The van der Waals surface area contributed by atoms with E-state index in [2.05, 4.69) is 0 Å². The summed E-state index contributed by atoms with van der Waals surface area (Å²) in [5.41, 5.74) is 3.83. The summed E-state index contributed by atoms with van der Waals surface area (Å²) in [6, 6.07) is 22.9. The zero-order valence-electron chi connectivity index (χ0n) is 15.8. The molecule has 0 radical (unpaired) electrons. The van der Waals surface area contributed by atoms with E-state index in [0.717, 1.165) is 33.4 Å². The van der Waals surface area contributed by atoms with Crippen LogP contribution in [0.5, 0.6) is 11.5 Å². The molecule has 0 amide bonds. The highest BCUT2D eigenvalue weighted by Crippen LogP contribution is 2.35. The minimum atomic E-state index is -0.379. The first-order chi connectivity index (χ1) is 13.6. The Morgan fingerprint density at radius 1 is 0.929 bits per heavy atom. The monoisotopic (exact) mass is 372 g/mol. The van der Waals surface area contributed by atoms with Crippen LogP contribution < -0.4 is 15.1 Å². The van der Waals surface area contributed by atoms with Gasteiger partial charge in [0.15, 0.2) is 0 Å². The van der Waals surface area contributed by atoms with Crippen LogP contribution in [0.2, 0.25) is 0 Å². The van der Waals surface area contributed by atoms with Crippen molar-refractivity contribution in [3.8, 4) is 22.6 Å². The Bertz CT molecular complexity index is 1180. The maximum Gasteiger partial charge on any atom is 0.336 e. The molecule has 0 aliphatic rings. The first kappa shape index (κ1) is 17.9. The number of hydrogen-bond donors (Lipinski definition) is 0. The molecule has 0 aliphatic carbocycles. The quantitative estimate of drug-likeness (QED) is 0.443. The Labute approximate surface area is 163 Å². The molecule has 140 valence electrons. The highest BCUT2D eigenvalue weighted by Gasteiger charge is 2.14. The smallest absolute Gasteiger partial charge is 0.336 e. The normalized spacial score (nSPS) is 10.8. The minimum absolute atomic E-state index is 0.378. The summed E-state index contributed by atoms with van der Waals surface area (Å²) in [6.45, 7) is 2.33. The van der Waals surface area contributed by atoms with Gasteiger partial charge in [-0.1, -0.05) is 42.5 Å². The van der Waals surface area contributed by atoms with Crippen LogP contribution in [0, 0.1) is 6.92 Å². The molecule has 4 aromatic rings. The molecule has 28 heavy (non-hydrogen) atoms. The SMILES string of the molecule is COc1cccc(COc2cc(C)cc3oc(=O)cc(-c4ccccc4)c23)c1. The second kappa shape index (κ2) is 7.61. The number of benzene rings is 3. The summed E-state index contributed by atoms with van der Waals surface area (Å²) in [5.74, 6) is 1.46. The average Bonchev–Trinajstić information content (AvgIpc) is 2.71. The Hall–Kier alpha value is -3.53. The third kappa shape index (κ3) is 3.62. The van der Waals surface area contributed by atoms with Gasteiger partial charge in [-0.2, -0.15) is 0 Å². The van der Waals surface area contributed by atoms with Crippen molar-refractivity contribution in [3.63, 3.8) is 0 Å². The summed E-state index contributed by atoms with van der Waals surface area (Å²) in [4.78, 5) is 12.1. The second-order valence-electron chi connectivity index (χ2n) is 6.62. The largest absolute Gasteiger partial charge is 0.497 e. The van der Waals surface area contributed by atoms with Crippen LogP contribution >= 0.6 is 0 Å². The molecule has 1 heterocycles. The molecular formula is C24H20O4. The number of ether oxygens (including phenoxy) is 2. The standard InChI is InChI=1S/C24H20O4/c1-16-11-21(27-15-17-7-6-10-19(13-17)26-2)24-20(18-8-4-3-5-9-18)14-23(25)28-22(24)12-16/h3-14H,15H2,1-2H3. The van der Waals surface area contributed by atoms with Crippen molar-refractivity contribution < 1.29 is 13.9 Å². The molecule has 0 bridgehead atoms. The second-order valence-corrected chi connectivity index (χ2v) is 6.62. The Morgan fingerprint density at radius 3 is 2.54 bits per heavy atom. The lowest BCUT2D eigenvalue weighted by molar-refractivity contribution is 0.308. The van der Waals surface area contributed by atoms with Gasteiger partial charge < -0.3 is 13.9 Å². The fourth-order valence-electron chi connectivity index (χ4n) is 3.28. The van der Waals surface area contributed by atoms with Crippen molar-refractivity contribution in [2.24, 2.45) is 0 Å². The molecule has 0 aliphatic heterocycles. The zero-order chi connectivity index (χ0) is 19.5. The van der Waals surface area contributed by atoms with E-state index in [-0.39, 0.29) is 5.63 Å². The highest BCUT2D eigenvalue weighted by atomic mass is 16.5. The topological polar surface area (TPSA) is 48.7 Å². The molecule has 3 aromatic carbocycles. The van der Waals surface area contributed by atoms with Crippen LogP contribution in [0.25, 0.3) is 22.1 Å². The van der Waals surface area contributed by atoms with Crippen LogP contribution in [0.15, 0.2) is 82.0 Å². The van der Waals surface area contributed by atoms with Gasteiger partial charge in [0.05, 0.1) is 12.5 Å². The van der Waals surface area contributed by atoms with Gasteiger partial charge in [-0.3, -0.25) is 0 Å². The van der Waals surface area contributed by atoms with Crippen molar-refractivity contribution in [3.05, 3.63) is 94.3 Å². The predicted octanol–water partition coefficient (Wildman–Crippen LogP) is 5.36. The van der Waals surface area contributed by atoms with Gasteiger partial charge in [-0.05, 0) is 47.9 Å². The lowest BCUT2D eigenvalue weighted by Gasteiger charge is -2.14. The molecule has 4 nitrogen and oxygen atoms in total. The van der Waals surface area contributed by atoms with Crippen LogP contribution in [-0.2, 0) is 6.61 Å². The Balaban J connectivity index is 1.82. The highest BCUT2D eigenvalue weighted by molar-refractivity contribution is 5.98. The van der Waals surface area contributed by atoms with Gasteiger partial charge in [0, 0.05) is 11.6 Å². The van der Waals surface area contributed by atoms with Crippen LogP contribution in [-0.4, -0.2) is 7.11 Å². The Morgan fingerprint density at radius 2 is 1.75 bits per heavy atom. The molecule has 4 rings (SSSR count). The van der Waals surface area contributed by atoms with Crippen molar-refractivity contribution in [1.29, 1.82) is 0 Å². The van der Waals surface area contributed by atoms with E-state index < -0.39 is 0 Å². The van der Waals surface area contributed by atoms with E-state index in [4.69, 9.17) is 13.9 Å². The van der Waals surface area contributed by atoms with Gasteiger partial charge in [0.2, 0.25) is 0 Å². The molecule has 0 N–H and O–H groups in total. The number of aryl methyl sites for hydroxylation is 1. The lowest BCUT2D eigenvalue weighted by atomic mass is 10.0. The maximum atomic E-state index is 12.1.